The fourth-order valence-electron chi connectivity index (χ4n) is 3.73. The van der Waals surface area contributed by atoms with Crippen molar-refractivity contribution in [1.82, 2.24) is 20.4 Å². The molecule has 1 aliphatic rings. The fraction of sp³-hybridized carbons (Fsp3) is 0.591. The highest BCUT2D eigenvalue weighted by Crippen LogP contribution is 2.15. The van der Waals surface area contributed by atoms with Gasteiger partial charge >= 0.3 is 11.8 Å². The maximum absolute atomic E-state index is 12.4. The highest BCUT2D eigenvalue weighted by molar-refractivity contribution is 7.91. The van der Waals surface area contributed by atoms with Crippen LogP contribution in [0.5, 0.6) is 0 Å². The zero-order valence-corrected chi connectivity index (χ0v) is 19.2. The molecular weight excluding hydrogens is 416 g/mol. The number of nitrogens with one attached hydrogen (secondary N) is 1. The Hall–Kier alpha value is -2.26. The van der Waals surface area contributed by atoms with Gasteiger partial charge in [0, 0.05) is 19.0 Å². The maximum atomic E-state index is 12.4. The van der Waals surface area contributed by atoms with Crippen LogP contribution in [0, 0.1) is 6.92 Å². The van der Waals surface area contributed by atoms with Crippen LogP contribution in [-0.2, 0) is 16.3 Å². The SMILES string of the molecule is Cc1ccc(S(=O)(=O)CCc2noc(C(=O)NCC[C@H](C)N3CCCCCC3)n2)cc1. The quantitative estimate of drug-likeness (QED) is 0.629. The first kappa shape index (κ1) is 23.4. The molecule has 1 atom stereocenters. The lowest BCUT2D eigenvalue weighted by atomic mass is 10.2. The van der Waals surface area contributed by atoms with Crippen molar-refractivity contribution in [1.29, 1.82) is 0 Å². The number of amides is 1. The van der Waals surface area contributed by atoms with Crippen molar-refractivity contribution >= 4 is 15.7 Å². The van der Waals surface area contributed by atoms with Gasteiger partial charge in [-0.05, 0) is 58.3 Å². The minimum absolute atomic E-state index is 0.0823. The summed E-state index contributed by atoms with van der Waals surface area (Å²) in [5.74, 6) is -0.503. The fourth-order valence-corrected chi connectivity index (χ4v) is 4.96. The summed E-state index contributed by atoms with van der Waals surface area (Å²) >= 11 is 0. The molecule has 1 N–H and O–H groups in total. The molecule has 0 aliphatic carbocycles. The average molecular weight is 449 g/mol. The van der Waals surface area contributed by atoms with Gasteiger partial charge in [-0.25, -0.2) is 8.42 Å². The van der Waals surface area contributed by atoms with E-state index in [4.69, 9.17) is 4.52 Å². The molecule has 1 saturated heterocycles. The lowest BCUT2D eigenvalue weighted by Crippen LogP contribution is -2.37. The summed E-state index contributed by atoms with van der Waals surface area (Å²) < 4.78 is 29.9. The average Bonchev–Trinajstić information content (AvgIpc) is 3.06. The molecule has 1 aromatic carbocycles. The number of rotatable bonds is 9. The molecule has 1 amide bonds. The number of likely N-dealkylation sites (tertiary alicyclic amines) is 1. The highest BCUT2D eigenvalue weighted by atomic mass is 32.2. The van der Waals surface area contributed by atoms with E-state index in [9.17, 15) is 13.2 Å². The monoisotopic (exact) mass is 448 g/mol. The van der Waals surface area contributed by atoms with Crippen molar-refractivity contribution in [2.75, 3.05) is 25.4 Å². The van der Waals surface area contributed by atoms with Crippen LogP contribution in [0.3, 0.4) is 0 Å². The minimum Gasteiger partial charge on any atom is -0.348 e. The number of benzene rings is 1. The Labute approximate surface area is 184 Å². The summed E-state index contributed by atoms with van der Waals surface area (Å²) in [6, 6.07) is 7.11. The Kier molecular flexibility index (Phi) is 8.20. The molecule has 170 valence electrons. The molecule has 1 fully saturated rings. The highest BCUT2D eigenvalue weighted by Gasteiger charge is 2.20. The van der Waals surface area contributed by atoms with Crippen molar-refractivity contribution in [3.8, 4) is 0 Å². The molecule has 0 unspecified atom stereocenters. The van der Waals surface area contributed by atoms with Gasteiger partial charge in [-0.1, -0.05) is 35.7 Å². The van der Waals surface area contributed by atoms with Gasteiger partial charge in [-0.15, -0.1) is 0 Å². The topological polar surface area (TPSA) is 105 Å². The first-order valence-electron chi connectivity index (χ1n) is 11.0. The van der Waals surface area contributed by atoms with Gasteiger partial charge in [0.05, 0.1) is 10.6 Å². The van der Waals surface area contributed by atoms with Gasteiger partial charge in [-0.3, -0.25) is 4.79 Å². The number of carbonyl (C=O) groups excluding carboxylic acids is 1. The van der Waals surface area contributed by atoms with Crippen LogP contribution in [0.2, 0.25) is 0 Å². The number of nitrogens with zero attached hydrogens (tertiary/aromatic N) is 3. The van der Waals surface area contributed by atoms with Crippen molar-refractivity contribution in [3.05, 3.63) is 41.5 Å². The predicted octanol–water partition coefficient (Wildman–Crippen LogP) is 2.78. The molecule has 0 radical (unpaired) electrons. The van der Waals surface area contributed by atoms with E-state index in [0.717, 1.165) is 25.1 Å². The molecule has 3 rings (SSSR count). The van der Waals surface area contributed by atoms with Gasteiger partial charge in [-0.2, -0.15) is 4.98 Å². The van der Waals surface area contributed by atoms with E-state index < -0.39 is 15.7 Å². The third-order valence-electron chi connectivity index (χ3n) is 5.75. The Morgan fingerprint density at radius 2 is 1.84 bits per heavy atom. The second-order valence-corrected chi connectivity index (χ2v) is 10.4. The van der Waals surface area contributed by atoms with Crippen LogP contribution >= 0.6 is 0 Å². The summed E-state index contributed by atoms with van der Waals surface area (Å²) in [5, 5.41) is 6.58. The molecule has 2 heterocycles. The molecule has 31 heavy (non-hydrogen) atoms. The van der Waals surface area contributed by atoms with Crippen LogP contribution in [0.15, 0.2) is 33.7 Å². The molecule has 0 saturated carbocycles. The number of hydrogen-bond acceptors (Lipinski definition) is 7. The Balaban J connectivity index is 1.45. The second-order valence-electron chi connectivity index (χ2n) is 8.24. The summed E-state index contributed by atoms with van der Waals surface area (Å²) in [7, 11) is -3.45. The van der Waals surface area contributed by atoms with Gasteiger partial charge < -0.3 is 14.7 Å². The molecular formula is C22H32N4O4S. The summed E-state index contributed by atoms with van der Waals surface area (Å²) in [6.07, 6.45) is 6.00. The summed E-state index contributed by atoms with van der Waals surface area (Å²) in [4.78, 5) is 19.1. The smallest absolute Gasteiger partial charge is 0.315 e. The van der Waals surface area contributed by atoms with Gasteiger partial charge in [0.15, 0.2) is 15.7 Å². The standard InChI is InChI=1S/C22H32N4O4S/c1-17-7-9-19(10-8-17)31(28,29)16-12-20-24-22(30-25-20)21(27)23-13-11-18(2)26-14-5-3-4-6-15-26/h7-10,18H,3-6,11-16H2,1-2H3,(H,23,27)/t18-/m0/s1. The number of aromatic nitrogens is 2. The van der Waals surface area contributed by atoms with Gasteiger partial charge in [0.2, 0.25) is 0 Å². The van der Waals surface area contributed by atoms with Crippen LogP contribution in [-0.4, -0.2) is 60.8 Å². The predicted molar refractivity (Wildman–Crippen MR) is 118 cm³/mol. The largest absolute Gasteiger partial charge is 0.348 e. The van der Waals surface area contributed by atoms with E-state index in [-0.39, 0.29) is 28.8 Å². The van der Waals surface area contributed by atoms with Crippen LogP contribution in [0.4, 0.5) is 0 Å². The number of sulfone groups is 1. The minimum atomic E-state index is -3.45. The second kappa shape index (κ2) is 10.9. The van der Waals surface area contributed by atoms with E-state index in [1.807, 2.05) is 6.92 Å². The van der Waals surface area contributed by atoms with Gasteiger partial charge in [0.25, 0.3) is 0 Å². The molecule has 1 aliphatic heterocycles. The molecule has 2 aromatic rings. The maximum Gasteiger partial charge on any atom is 0.315 e. The third-order valence-corrected chi connectivity index (χ3v) is 7.48. The Morgan fingerprint density at radius 1 is 1.16 bits per heavy atom. The first-order chi connectivity index (χ1) is 14.8. The lowest BCUT2D eigenvalue weighted by molar-refractivity contribution is 0.0904. The molecule has 0 spiro atoms. The van der Waals surface area contributed by atoms with Crippen LogP contribution < -0.4 is 5.32 Å². The zero-order chi connectivity index (χ0) is 22.3. The molecule has 0 bridgehead atoms. The molecule has 8 nitrogen and oxygen atoms in total. The Morgan fingerprint density at radius 3 is 2.52 bits per heavy atom. The van der Waals surface area contributed by atoms with E-state index in [0.29, 0.717) is 12.6 Å². The van der Waals surface area contributed by atoms with Crippen LogP contribution in [0.1, 0.15) is 61.1 Å². The summed E-state index contributed by atoms with van der Waals surface area (Å²) in [6.45, 7) is 6.85. The number of carbonyl (C=O) groups is 1. The molecule has 1 aromatic heterocycles. The summed E-state index contributed by atoms with van der Waals surface area (Å²) in [5.41, 5.74) is 0.994. The van der Waals surface area contributed by atoms with Crippen molar-refractivity contribution in [2.24, 2.45) is 0 Å². The number of aryl methyl sites for hydroxylation is 2. The van der Waals surface area contributed by atoms with E-state index >= 15 is 0 Å². The Bertz CT molecular complexity index is 948. The first-order valence-corrected chi connectivity index (χ1v) is 12.6. The molecule has 9 heteroatoms. The van der Waals surface area contributed by atoms with Crippen molar-refractivity contribution in [3.63, 3.8) is 0 Å². The normalized spacial score (nSPS) is 16.6. The van der Waals surface area contributed by atoms with E-state index in [1.54, 1.807) is 24.3 Å². The number of hydrogen-bond donors (Lipinski definition) is 1. The van der Waals surface area contributed by atoms with Crippen LogP contribution in [0.25, 0.3) is 0 Å². The van der Waals surface area contributed by atoms with Gasteiger partial charge in [0.1, 0.15) is 0 Å². The van der Waals surface area contributed by atoms with E-state index in [2.05, 4.69) is 27.3 Å². The van der Waals surface area contributed by atoms with Crippen molar-refractivity contribution in [2.45, 2.75) is 63.3 Å². The lowest BCUT2D eigenvalue weighted by Gasteiger charge is -2.27. The van der Waals surface area contributed by atoms with E-state index in [1.165, 1.54) is 25.7 Å². The third kappa shape index (κ3) is 6.87. The zero-order valence-electron chi connectivity index (χ0n) is 18.3. The van der Waals surface area contributed by atoms with Crippen molar-refractivity contribution < 1.29 is 17.7 Å².